The first-order chi connectivity index (χ1) is 14.0. The van der Waals surface area contributed by atoms with Gasteiger partial charge in [0, 0.05) is 37.3 Å². The summed E-state index contributed by atoms with van der Waals surface area (Å²) < 4.78 is 0. The van der Waals surface area contributed by atoms with Crippen molar-refractivity contribution in [2.75, 3.05) is 32.7 Å². The van der Waals surface area contributed by atoms with Crippen molar-refractivity contribution in [3.63, 3.8) is 0 Å². The summed E-state index contributed by atoms with van der Waals surface area (Å²) in [4.78, 5) is 41.0. The minimum Gasteiger partial charge on any atom is -0.343 e. The second-order valence-electron chi connectivity index (χ2n) is 7.37. The van der Waals surface area contributed by atoms with E-state index in [1.807, 2.05) is 38.1 Å². The molecule has 0 saturated carbocycles. The van der Waals surface area contributed by atoms with Crippen LogP contribution in [-0.4, -0.2) is 60.2 Å². The summed E-state index contributed by atoms with van der Waals surface area (Å²) >= 11 is 0. The number of hydrogen-bond donors (Lipinski definition) is 1. The summed E-state index contributed by atoms with van der Waals surface area (Å²) in [6, 6.07) is 14.6. The predicted octanol–water partition coefficient (Wildman–Crippen LogP) is 2.41. The van der Waals surface area contributed by atoms with Gasteiger partial charge in [-0.05, 0) is 55.7 Å². The third-order valence-electron chi connectivity index (χ3n) is 5.33. The topological polar surface area (TPSA) is 69.7 Å². The van der Waals surface area contributed by atoms with Gasteiger partial charge in [0.05, 0.1) is 6.54 Å². The van der Waals surface area contributed by atoms with Crippen LogP contribution in [0.4, 0.5) is 0 Å². The van der Waals surface area contributed by atoms with Gasteiger partial charge < -0.3 is 15.1 Å². The number of amides is 3. The first-order valence-electron chi connectivity index (χ1n) is 9.93. The molecular weight excluding hydrogens is 366 g/mol. The molecule has 3 amide bonds. The first-order valence-corrected chi connectivity index (χ1v) is 9.93. The number of aryl methyl sites for hydroxylation is 2. The normalized spacial score (nSPS) is 14.3. The lowest BCUT2D eigenvalue weighted by Crippen LogP contribution is -2.42. The third-order valence-corrected chi connectivity index (χ3v) is 5.33. The lowest BCUT2D eigenvalue weighted by molar-refractivity contribution is -0.129. The molecule has 1 heterocycles. The Kier molecular flexibility index (Phi) is 6.65. The van der Waals surface area contributed by atoms with Crippen LogP contribution in [0, 0.1) is 13.8 Å². The molecule has 1 aliphatic heterocycles. The average molecular weight is 393 g/mol. The molecule has 1 N–H and O–H groups in total. The van der Waals surface area contributed by atoms with Crippen molar-refractivity contribution in [3.05, 3.63) is 70.8 Å². The van der Waals surface area contributed by atoms with Gasteiger partial charge in [-0.3, -0.25) is 14.4 Å². The summed E-state index contributed by atoms with van der Waals surface area (Å²) in [5, 5.41) is 2.68. The van der Waals surface area contributed by atoms with E-state index in [2.05, 4.69) is 5.32 Å². The van der Waals surface area contributed by atoms with Crippen molar-refractivity contribution in [1.82, 2.24) is 15.1 Å². The van der Waals surface area contributed by atoms with E-state index in [-0.39, 0.29) is 24.3 Å². The van der Waals surface area contributed by atoms with Gasteiger partial charge in [0.25, 0.3) is 11.8 Å². The Morgan fingerprint density at radius 3 is 2.24 bits per heavy atom. The molecule has 0 spiro atoms. The van der Waals surface area contributed by atoms with Crippen LogP contribution in [0.3, 0.4) is 0 Å². The van der Waals surface area contributed by atoms with Crippen molar-refractivity contribution < 1.29 is 14.4 Å². The molecule has 29 heavy (non-hydrogen) atoms. The summed E-state index contributed by atoms with van der Waals surface area (Å²) in [5.41, 5.74) is 3.47. The van der Waals surface area contributed by atoms with Gasteiger partial charge in [0.15, 0.2) is 0 Å². The highest BCUT2D eigenvalue weighted by molar-refractivity contribution is 5.96. The van der Waals surface area contributed by atoms with E-state index in [4.69, 9.17) is 0 Å². The highest BCUT2D eigenvalue weighted by atomic mass is 16.2. The van der Waals surface area contributed by atoms with Gasteiger partial charge in [-0.15, -0.1) is 0 Å². The van der Waals surface area contributed by atoms with Crippen LogP contribution in [0.2, 0.25) is 0 Å². The standard InChI is InChI=1S/C23H27N3O3/c1-17-9-10-20(15-18(17)2)23(29)26-12-6-11-25(13-14-26)21(27)16-24-22(28)19-7-4-3-5-8-19/h3-5,7-10,15H,6,11-14,16H2,1-2H3,(H,24,28). The zero-order valence-corrected chi connectivity index (χ0v) is 17.0. The lowest BCUT2D eigenvalue weighted by atomic mass is 10.1. The molecule has 0 radical (unpaired) electrons. The maximum absolute atomic E-state index is 12.8. The van der Waals surface area contributed by atoms with E-state index in [0.717, 1.165) is 17.5 Å². The number of benzene rings is 2. The Balaban J connectivity index is 1.53. The summed E-state index contributed by atoms with van der Waals surface area (Å²) in [6.45, 7) is 6.14. The zero-order valence-electron chi connectivity index (χ0n) is 17.0. The number of hydrogen-bond acceptors (Lipinski definition) is 3. The Hall–Kier alpha value is -3.15. The summed E-state index contributed by atoms with van der Waals surface area (Å²) in [7, 11) is 0. The Bertz CT molecular complexity index is 895. The fourth-order valence-corrected chi connectivity index (χ4v) is 3.39. The van der Waals surface area contributed by atoms with Crippen molar-refractivity contribution in [3.8, 4) is 0 Å². The summed E-state index contributed by atoms with van der Waals surface area (Å²) in [5.74, 6) is -0.394. The fraction of sp³-hybridized carbons (Fsp3) is 0.348. The fourth-order valence-electron chi connectivity index (χ4n) is 3.39. The Labute approximate surface area is 171 Å². The van der Waals surface area contributed by atoms with Gasteiger partial charge in [-0.1, -0.05) is 24.3 Å². The van der Waals surface area contributed by atoms with Gasteiger partial charge in [0.2, 0.25) is 5.91 Å². The van der Waals surface area contributed by atoms with E-state index in [1.165, 1.54) is 0 Å². The van der Waals surface area contributed by atoms with Crippen LogP contribution in [0.1, 0.15) is 38.3 Å². The van der Waals surface area contributed by atoms with Gasteiger partial charge >= 0.3 is 0 Å². The molecule has 2 aromatic carbocycles. The third kappa shape index (κ3) is 5.22. The van der Waals surface area contributed by atoms with Crippen LogP contribution < -0.4 is 5.32 Å². The van der Waals surface area contributed by atoms with Crippen molar-refractivity contribution in [2.45, 2.75) is 20.3 Å². The number of nitrogens with zero attached hydrogens (tertiary/aromatic N) is 2. The van der Waals surface area contributed by atoms with Gasteiger partial charge in [0.1, 0.15) is 0 Å². The van der Waals surface area contributed by atoms with E-state index in [0.29, 0.717) is 37.3 Å². The largest absolute Gasteiger partial charge is 0.343 e. The molecule has 0 aliphatic carbocycles. The van der Waals surface area contributed by atoms with Crippen LogP contribution >= 0.6 is 0 Å². The summed E-state index contributed by atoms with van der Waals surface area (Å²) in [6.07, 6.45) is 0.717. The Morgan fingerprint density at radius 1 is 0.828 bits per heavy atom. The first kappa shape index (κ1) is 20.6. The number of rotatable bonds is 4. The monoisotopic (exact) mass is 393 g/mol. The molecule has 1 fully saturated rings. The maximum atomic E-state index is 12.8. The highest BCUT2D eigenvalue weighted by Gasteiger charge is 2.23. The number of carbonyl (C=O) groups excluding carboxylic acids is 3. The molecular formula is C23H27N3O3. The molecule has 2 aromatic rings. The Morgan fingerprint density at radius 2 is 1.52 bits per heavy atom. The molecule has 1 saturated heterocycles. The second-order valence-corrected chi connectivity index (χ2v) is 7.37. The van der Waals surface area contributed by atoms with Gasteiger partial charge in [-0.2, -0.15) is 0 Å². The van der Waals surface area contributed by atoms with Crippen LogP contribution in [-0.2, 0) is 4.79 Å². The zero-order chi connectivity index (χ0) is 20.8. The molecule has 0 bridgehead atoms. The SMILES string of the molecule is Cc1ccc(C(=O)N2CCCN(C(=O)CNC(=O)c3ccccc3)CC2)cc1C. The average Bonchev–Trinajstić information content (AvgIpc) is 3.00. The van der Waals surface area contributed by atoms with Crippen LogP contribution in [0.25, 0.3) is 0 Å². The molecule has 6 heteroatoms. The van der Waals surface area contributed by atoms with Gasteiger partial charge in [-0.25, -0.2) is 0 Å². The highest BCUT2D eigenvalue weighted by Crippen LogP contribution is 2.14. The lowest BCUT2D eigenvalue weighted by Gasteiger charge is -2.22. The van der Waals surface area contributed by atoms with Crippen molar-refractivity contribution >= 4 is 17.7 Å². The number of carbonyl (C=O) groups is 3. The quantitative estimate of drug-likeness (QED) is 0.867. The van der Waals surface area contributed by atoms with Crippen LogP contribution in [0.15, 0.2) is 48.5 Å². The predicted molar refractivity (Wildman–Crippen MR) is 112 cm³/mol. The molecule has 0 aromatic heterocycles. The molecule has 6 nitrogen and oxygen atoms in total. The molecule has 1 aliphatic rings. The molecule has 3 rings (SSSR count). The van der Waals surface area contributed by atoms with E-state index in [1.54, 1.807) is 34.1 Å². The van der Waals surface area contributed by atoms with E-state index >= 15 is 0 Å². The second kappa shape index (κ2) is 9.37. The number of nitrogens with one attached hydrogen (secondary N) is 1. The van der Waals surface area contributed by atoms with Crippen molar-refractivity contribution in [2.24, 2.45) is 0 Å². The van der Waals surface area contributed by atoms with E-state index < -0.39 is 0 Å². The van der Waals surface area contributed by atoms with Crippen LogP contribution in [0.5, 0.6) is 0 Å². The smallest absolute Gasteiger partial charge is 0.253 e. The minimum atomic E-state index is -0.264. The molecule has 152 valence electrons. The minimum absolute atomic E-state index is 0.000204. The molecule has 0 unspecified atom stereocenters. The maximum Gasteiger partial charge on any atom is 0.253 e. The van der Waals surface area contributed by atoms with E-state index in [9.17, 15) is 14.4 Å². The molecule has 0 atom stereocenters. The van der Waals surface area contributed by atoms with Crippen molar-refractivity contribution in [1.29, 1.82) is 0 Å².